The number of hydrogen-bond donors (Lipinski definition) is 2. The Morgan fingerprint density at radius 3 is 3.00 bits per heavy atom. The maximum Gasteiger partial charge on any atom is 0.318 e. The van der Waals surface area contributed by atoms with Gasteiger partial charge in [-0.25, -0.2) is 0 Å². The molecule has 0 spiro atoms. The van der Waals surface area contributed by atoms with Crippen LogP contribution in [-0.4, -0.2) is 23.6 Å². The summed E-state index contributed by atoms with van der Waals surface area (Å²) >= 11 is 0. The third kappa shape index (κ3) is 1.50. The van der Waals surface area contributed by atoms with Crippen LogP contribution in [0.2, 0.25) is 0 Å². The number of methoxy groups -OCH3 is 1. The largest absolute Gasteiger partial charge is 0.467 e. The van der Waals surface area contributed by atoms with Crippen molar-refractivity contribution in [3.8, 4) is 6.01 Å². The van der Waals surface area contributed by atoms with Crippen LogP contribution in [0.1, 0.15) is 18.2 Å². The molecule has 0 amide bonds. The second-order valence-electron chi connectivity index (χ2n) is 3.12. The van der Waals surface area contributed by atoms with Gasteiger partial charge < -0.3 is 15.4 Å². The molecule has 0 aliphatic carbocycles. The van der Waals surface area contributed by atoms with Crippen LogP contribution in [0.4, 0.5) is 5.82 Å². The lowest BCUT2D eigenvalue weighted by molar-refractivity contribution is 0.379. The van der Waals surface area contributed by atoms with E-state index in [1.54, 1.807) is 7.11 Å². The average molecular weight is 194 g/mol. The van der Waals surface area contributed by atoms with Crippen molar-refractivity contribution in [1.82, 2.24) is 15.3 Å². The van der Waals surface area contributed by atoms with Crippen molar-refractivity contribution in [3.63, 3.8) is 0 Å². The molecule has 2 rings (SSSR count). The van der Waals surface area contributed by atoms with Crippen LogP contribution in [0.3, 0.4) is 0 Å². The van der Waals surface area contributed by atoms with Crippen molar-refractivity contribution in [3.05, 3.63) is 11.3 Å². The summed E-state index contributed by atoms with van der Waals surface area (Å²) in [6, 6.07) is 0.434. The minimum absolute atomic E-state index is 0.434. The van der Waals surface area contributed by atoms with Crippen molar-refractivity contribution in [2.75, 3.05) is 19.0 Å². The molecule has 1 aliphatic heterocycles. The van der Waals surface area contributed by atoms with Gasteiger partial charge in [0.1, 0.15) is 5.82 Å². The third-order valence-corrected chi connectivity index (χ3v) is 2.19. The molecule has 14 heavy (non-hydrogen) atoms. The van der Waals surface area contributed by atoms with E-state index in [-0.39, 0.29) is 0 Å². The topological polar surface area (TPSA) is 59.1 Å². The van der Waals surface area contributed by atoms with Crippen LogP contribution in [0, 0.1) is 0 Å². The number of anilines is 1. The lowest BCUT2D eigenvalue weighted by atomic mass is 10.2. The molecule has 5 heteroatoms. The Morgan fingerprint density at radius 2 is 2.29 bits per heavy atom. The Bertz CT molecular complexity index is 340. The van der Waals surface area contributed by atoms with Crippen molar-refractivity contribution in [1.29, 1.82) is 0 Å². The first-order valence-electron chi connectivity index (χ1n) is 4.73. The van der Waals surface area contributed by atoms with Gasteiger partial charge in [-0.1, -0.05) is 0 Å². The SMILES string of the molecule is CCNc1nc(OC)nc2c1CNC2. The van der Waals surface area contributed by atoms with Crippen molar-refractivity contribution in [2.45, 2.75) is 20.0 Å². The van der Waals surface area contributed by atoms with Crippen LogP contribution < -0.4 is 15.4 Å². The maximum atomic E-state index is 5.04. The number of nitrogens with one attached hydrogen (secondary N) is 2. The van der Waals surface area contributed by atoms with Crippen molar-refractivity contribution in [2.24, 2.45) is 0 Å². The number of aromatic nitrogens is 2. The highest BCUT2D eigenvalue weighted by Gasteiger charge is 2.18. The number of ether oxygens (including phenoxy) is 1. The maximum absolute atomic E-state index is 5.04. The van der Waals surface area contributed by atoms with Gasteiger partial charge in [0.15, 0.2) is 0 Å². The summed E-state index contributed by atoms with van der Waals surface area (Å²) < 4.78 is 5.04. The van der Waals surface area contributed by atoms with E-state index in [0.717, 1.165) is 36.7 Å². The van der Waals surface area contributed by atoms with Gasteiger partial charge in [0.25, 0.3) is 0 Å². The highest BCUT2D eigenvalue weighted by atomic mass is 16.5. The normalized spacial score (nSPS) is 13.9. The van der Waals surface area contributed by atoms with E-state index >= 15 is 0 Å². The van der Waals surface area contributed by atoms with Crippen LogP contribution in [0.25, 0.3) is 0 Å². The molecule has 0 radical (unpaired) electrons. The highest BCUT2D eigenvalue weighted by molar-refractivity contribution is 5.49. The highest BCUT2D eigenvalue weighted by Crippen LogP contribution is 2.23. The molecule has 0 atom stereocenters. The second-order valence-corrected chi connectivity index (χ2v) is 3.12. The zero-order valence-corrected chi connectivity index (χ0v) is 8.42. The van der Waals surface area contributed by atoms with Gasteiger partial charge in [0, 0.05) is 25.2 Å². The van der Waals surface area contributed by atoms with E-state index in [4.69, 9.17) is 4.74 Å². The predicted octanol–water partition coefficient (Wildman–Crippen LogP) is 0.520. The van der Waals surface area contributed by atoms with E-state index in [2.05, 4.69) is 20.6 Å². The Morgan fingerprint density at radius 1 is 1.43 bits per heavy atom. The Labute approximate surface area is 82.9 Å². The molecule has 2 heterocycles. The molecule has 1 aromatic heterocycles. The van der Waals surface area contributed by atoms with Gasteiger partial charge in [-0.2, -0.15) is 9.97 Å². The molecule has 0 fully saturated rings. The first kappa shape index (κ1) is 9.21. The summed E-state index contributed by atoms with van der Waals surface area (Å²) in [4.78, 5) is 8.55. The minimum atomic E-state index is 0.434. The summed E-state index contributed by atoms with van der Waals surface area (Å²) in [6.07, 6.45) is 0. The zero-order valence-electron chi connectivity index (χ0n) is 8.42. The first-order valence-corrected chi connectivity index (χ1v) is 4.73. The molecule has 0 aromatic carbocycles. The van der Waals surface area contributed by atoms with E-state index in [9.17, 15) is 0 Å². The molecule has 0 saturated heterocycles. The molecule has 5 nitrogen and oxygen atoms in total. The van der Waals surface area contributed by atoms with Gasteiger partial charge in [0.2, 0.25) is 0 Å². The van der Waals surface area contributed by atoms with Crippen LogP contribution in [0.5, 0.6) is 6.01 Å². The lowest BCUT2D eigenvalue weighted by Crippen LogP contribution is -2.06. The Kier molecular flexibility index (Phi) is 2.49. The fourth-order valence-electron chi connectivity index (χ4n) is 1.55. The van der Waals surface area contributed by atoms with Gasteiger partial charge in [-0.05, 0) is 6.92 Å². The van der Waals surface area contributed by atoms with Crippen LogP contribution in [-0.2, 0) is 13.1 Å². The summed E-state index contributed by atoms with van der Waals surface area (Å²) in [5, 5.41) is 6.45. The molecule has 0 unspecified atom stereocenters. The van der Waals surface area contributed by atoms with Crippen LogP contribution in [0.15, 0.2) is 0 Å². The van der Waals surface area contributed by atoms with Gasteiger partial charge in [-0.3, -0.25) is 0 Å². The van der Waals surface area contributed by atoms with Crippen LogP contribution >= 0.6 is 0 Å². The summed E-state index contributed by atoms with van der Waals surface area (Å²) in [7, 11) is 1.58. The summed E-state index contributed by atoms with van der Waals surface area (Å²) in [5.74, 6) is 0.888. The van der Waals surface area contributed by atoms with Gasteiger partial charge in [0.05, 0.1) is 12.8 Å². The lowest BCUT2D eigenvalue weighted by Gasteiger charge is -2.08. The molecule has 0 saturated carbocycles. The molecular formula is C9H14N4O. The Balaban J connectivity index is 2.41. The van der Waals surface area contributed by atoms with E-state index in [1.165, 1.54) is 0 Å². The minimum Gasteiger partial charge on any atom is -0.467 e. The van der Waals surface area contributed by atoms with E-state index in [1.807, 2.05) is 6.92 Å². The van der Waals surface area contributed by atoms with Crippen molar-refractivity contribution >= 4 is 5.82 Å². The molecule has 1 aliphatic rings. The quantitative estimate of drug-likeness (QED) is 0.734. The van der Waals surface area contributed by atoms with Gasteiger partial charge >= 0.3 is 6.01 Å². The molecule has 76 valence electrons. The fourth-order valence-corrected chi connectivity index (χ4v) is 1.55. The van der Waals surface area contributed by atoms with E-state index in [0.29, 0.717) is 6.01 Å². The molecule has 0 bridgehead atoms. The smallest absolute Gasteiger partial charge is 0.318 e. The Hall–Kier alpha value is -1.36. The first-order chi connectivity index (χ1) is 6.85. The summed E-state index contributed by atoms with van der Waals surface area (Å²) in [6.45, 7) is 4.53. The number of rotatable bonds is 3. The molecule has 1 aromatic rings. The molecule has 2 N–H and O–H groups in total. The predicted molar refractivity (Wildman–Crippen MR) is 53.3 cm³/mol. The standard InChI is InChI=1S/C9H14N4O/c1-3-11-8-6-4-10-5-7(6)12-9(13-8)14-2/h10H,3-5H2,1-2H3,(H,11,12,13). The number of fused-ring (bicyclic) bond motifs is 1. The van der Waals surface area contributed by atoms with Crippen molar-refractivity contribution < 1.29 is 4.74 Å². The third-order valence-electron chi connectivity index (χ3n) is 2.19. The zero-order chi connectivity index (χ0) is 9.97. The summed E-state index contributed by atoms with van der Waals surface area (Å²) in [5.41, 5.74) is 2.19. The number of hydrogen-bond acceptors (Lipinski definition) is 5. The average Bonchev–Trinajstić information content (AvgIpc) is 2.66. The van der Waals surface area contributed by atoms with E-state index < -0.39 is 0 Å². The monoisotopic (exact) mass is 194 g/mol. The fraction of sp³-hybridized carbons (Fsp3) is 0.556. The molecular weight excluding hydrogens is 180 g/mol. The second kappa shape index (κ2) is 3.79. The van der Waals surface area contributed by atoms with Gasteiger partial charge in [-0.15, -0.1) is 0 Å². The number of nitrogens with zero attached hydrogens (tertiary/aromatic N) is 2.